The van der Waals surface area contributed by atoms with Crippen LogP contribution >= 0.6 is 0 Å². The van der Waals surface area contributed by atoms with E-state index in [2.05, 4.69) is 111 Å². The topological polar surface area (TPSA) is 9.86 Å². The first-order valence-electron chi connectivity index (χ1n) is 9.73. The van der Waals surface area contributed by atoms with Gasteiger partial charge in [-0.25, -0.2) is 0 Å². The van der Waals surface area contributed by atoms with Crippen molar-refractivity contribution < 1.29 is 0 Å². The molecule has 0 unspecified atom stereocenters. The van der Waals surface area contributed by atoms with Crippen LogP contribution in [-0.4, -0.2) is 35.4 Å². The molecule has 146 valence electrons. The molecule has 0 amide bonds. The van der Waals surface area contributed by atoms with E-state index in [1.807, 2.05) is 0 Å². The fourth-order valence-electron chi connectivity index (χ4n) is 3.85. The first-order valence-corrected chi connectivity index (χ1v) is 15.8. The van der Waals surface area contributed by atoms with Crippen LogP contribution in [0.3, 0.4) is 0 Å². The average molecular weight is 502 g/mol. The van der Waals surface area contributed by atoms with Crippen LogP contribution in [0.5, 0.6) is 0 Å². The molecule has 2 heterocycles. The molecule has 0 saturated carbocycles. The Kier molecular flexibility index (Phi) is 5.04. The van der Waals surface area contributed by atoms with Gasteiger partial charge in [-0.05, 0) is 0 Å². The van der Waals surface area contributed by atoms with E-state index in [1.165, 1.54) is 31.0 Å². The second-order valence-electron chi connectivity index (χ2n) is 9.26. The summed E-state index contributed by atoms with van der Waals surface area (Å²) in [7, 11) is 0. The predicted octanol–water partition coefficient (Wildman–Crippen LogP) is 4.38. The van der Waals surface area contributed by atoms with Crippen LogP contribution in [0, 0.1) is 0 Å². The van der Waals surface area contributed by atoms with Gasteiger partial charge in [-0.1, -0.05) is 0 Å². The van der Waals surface area contributed by atoms with Crippen LogP contribution in [0.4, 0.5) is 0 Å². The second-order valence-corrected chi connectivity index (χ2v) is 15.4. The second kappa shape index (κ2) is 7.11. The minimum absolute atomic E-state index is 0.0903. The zero-order valence-corrected chi connectivity index (χ0v) is 20.9. The molecule has 0 bridgehead atoms. The molecule has 0 saturated heterocycles. The number of rotatable bonds is 3. The first kappa shape index (κ1) is 19.9. The third kappa shape index (κ3) is 3.60. The van der Waals surface area contributed by atoms with Crippen LogP contribution in [0.1, 0.15) is 41.5 Å². The van der Waals surface area contributed by atoms with Crippen molar-refractivity contribution in [2.45, 2.75) is 52.6 Å². The Bertz CT molecular complexity index is 1050. The average Bonchev–Trinajstić information content (AvgIpc) is 3.16. The number of aromatic nitrogens is 2. The Morgan fingerprint density at radius 3 is 1.29 bits per heavy atom. The summed E-state index contributed by atoms with van der Waals surface area (Å²) in [4.78, 5) is 0. The summed E-state index contributed by atoms with van der Waals surface area (Å²) in [5.74, 6) is 0. The van der Waals surface area contributed by atoms with Gasteiger partial charge in [-0.3, -0.25) is 0 Å². The van der Waals surface area contributed by atoms with Crippen LogP contribution in [0.25, 0.3) is 21.8 Å². The van der Waals surface area contributed by atoms with Gasteiger partial charge in [0.2, 0.25) is 0 Å². The molecule has 0 aliphatic heterocycles. The third-order valence-corrected chi connectivity index (χ3v) is 11.7. The first-order chi connectivity index (χ1) is 13.2. The van der Waals surface area contributed by atoms with Gasteiger partial charge >= 0.3 is 180 Å². The molecule has 0 N–H and O–H groups in total. The molecule has 4 heteroatoms. The standard InChI is InChI=1S/C24H28N2Se2/c1-23(2,3)25-19-13-9-7-11-17(19)15-21(25)27-28-22-16-18-12-8-10-14-20(18)26(22)24(4,5)6/h7-16H,1-6H3. The summed E-state index contributed by atoms with van der Waals surface area (Å²) in [6.45, 7) is 13.9. The Morgan fingerprint density at radius 2 is 0.929 bits per heavy atom. The Hall–Kier alpha value is -1.44. The fourth-order valence-corrected chi connectivity index (χ4v) is 11.4. The van der Waals surface area contributed by atoms with Crippen molar-refractivity contribution in [1.82, 2.24) is 9.13 Å². The van der Waals surface area contributed by atoms with E-state index in [0.29, 0.717) is 26.3 Å². The quantitative estimate of drug-likeness (QED) is 0.368. The Balaban J connectivity index is 1.77. The molecule has 0 radical (unpaired) electrons. The van der Waals surface area contributed by atoms with Gasteiger partial charge in [0.1, 0.15) is 0 Å². The minimum atomic E-state index is 0.0903. The van der Waals surface area contributed by atoms with E-state index >= 15 is 0 Å². The number of hydrogen-bond donors (Lipinski definition) is 0. The number of hydrogen-bond acceptors (Lipinski definition) is 0. The van der Waals surface area contributed by atoms with E-state index in [1.54, 1.807) is 0 Å². The predicted molar refractivity (Wildman–Crippen MR) is 125 cm³/mol. The number of fused-ring (bicyclic) bond motifs is 2. The van der Waals surface area contributed by atoms with E-state index < -0.39 is 0 Å². The molecular formula is C24H28N2Se2. The molecule has 0 aliphatic rings. The van der Waals surface area contributed by atoms with Gasteiger partial charge in [0.05, 0.1) is 0 Å². The van der Waals surface area contributed by atoms with Gasteiger partial charge in [-0.2, -0.15) is 0 Å². The molecule has 2 aromatic heterocycles. The number of benzene rings is 2. The Morgan fingerprint density at radius 1 is 0.571 bits per heavy atom. The van der Waals surface area contributed by atoms with Crippen molar-refractivity contribution in [2.24, 2.45) is 0 Å². The molecule has 0 spiro atoms. The van der Waals surface area contributed by atoms with Crippen molar-refractivity contribution in [3.63, 3.8) is 0 Å². The van der Waals surface area contributed by atoms with Gasteiger partial charge in [-0.15, -0.1) is 0 Å². The van der Waals surface area contributed by atoms with E-state index in [-0.39, 0.29) is 11.1 Å². The third-order valence-electron chi connectivity index (χ3n) is 4.91. The molecule has 0 aliphatic carbocycles. The van der Waals surface area contributed by atoms with Crippen LogP contribution in [0.15, 0.2) is 60.7 Å². The van der Waals surface area contributed by atoms with Gasteiger partial charge < -0.3 is 0 Å². The van der Waals surface area contributed by atoms with E-state index in [4.69, 9.17) is 0 Å². The summed E-state index contributed by atoms with van der Waals surface area (Å²) in [6, 6.07) is 22.5. The maximum absolute atomic E-state index is 2.56. The molecule has 4 aromatic rings. The Labute approximate surface area is 179 Å². The normalized spacial score (nSPS) is 12.9. The zero-order chi connectivity index (χ0) is 20.1. The van der Waals surface area contributed by atoms with Crippen molar-refractivity contribution in [1.29, 1.82) is 0 Å². The van der Waals surface area contributed by atoms with Gasteiger partial charge in [0.25, 0.3) is 0 Å². The van der Waals surface area contributed by atoms with Gasteiger partial charge in [0.15, 0.2) is 0 Å². The molecule has 0 atom stereocenters. The molecule has 4 rings (SSSR count). The van der Waals surface area contributed by atoms with Crippen LogP contribution in [-0.2, 0) is 11.1 Å². The van der Waals surface area contributed by atoms with Crippen molar-refractivity contribution in [3.05, 3.63) is 60.7 Å². The van der Waals surface area contributed by atoms with Crippen LogP contribution < -0.4 is 9.18 Å². The summed E-state index contributed by atoms with van der Waals surface area (Å²) >= 11 is 0.855. The van der Waals surface area contributed by atoms with E-state index in [9.17, 15) is 0 Å². The zero-order valence-electron chi connectivity index (χ0n) is 17.5. The summed E-state index contributed by atoms with van der Waals surface area (Å²) < 4.78 is 8.14. The SMILES string of the molecule is CC(C)(C)n1c([Se][Se]c2cc3ccccc3n2C(C)(C)C)cc2ccccc21. The fraction of sp³-hybridized carbons (Fsp3) is 0.333. The summed E-state index contributed by atoms with van der Waals surface area (Å²) in [6.07, 6.45) is 0. The van der Waals surface area contributed by atoms with Crippen molar-refractivity contribution in [2.75, 3.05) is 0 Å². The summed E-state index contributed by atoms with van der Waals surface area (Å²) in [5, 5.41) is 2.72. The molecule has 2 nitrogen and oxygen atoms in total. The van der Waals surface area contributed by atoms with Crippen molar-refractivity contribution in [3.8, 4) is 0 Å². The molecule has 0 fully saturated rings. The van der Waals surface area contributed by atoms with Crippen LogP contribution in [0.2, 0.25) is 0 Å². The maximum atomic E-state index is 2.56. The molecule has 2 aromatic carbocycles. The molecular weight excluding hydrogens is 474 g/mol. The molecule has 28 heavy (non-hydrogen) atoms. The van der Waals surface area contributed by atoms with E-state index in [0.717, 1.165) is 0 Å². The van der Waals surface area contributed by atoms with Crippen molar-refractivity contribution >= 4 is 57.3 Å². The monoisotopic (exact) mass is 504 g/mol. The number of para-hydroxylation sites is 2. The number of nitrogens with zero attached hydrogens (tertiary/aromatic N) is 2. The van der Waals surface area contributed by atoms with Gasteiger partial charge in [0, 0.05) is 0 Å². The summed E-state index contributed by atoms with van der Waals surface area (Å²) in [5.41, 5.74) is 2.90.